The Balaban J connectivity index is 2.20. The molecule has 0 bridgehead atoms. The minimum absolute atomic E-state index is 0.344. The van der Waals surface area contributed by atoms with Gasteiger partial charge < -0.3 is 14.1 Å². The quantitative estimate of drug-likeness (QED) is 0.687. The van der Waals surface area contributed by atoms with E-state index in [0.717, 1.165) is 21.9 Å². The molecule has 0 saturated carbocycles. The Morgan fingerprint density at radius 3 is 3.12 bits per heavy atom. The Labute approximate surface area is 97.2 Å². The normalized spacial score (nSPS) is 11.1. The molecule has 0 unspecified atom stereocenters. The molecule has 2 aromatic heterocycles. The van der Waals surface area contributed by atoms with Crippen molar-refractivity contribution in [3.05, 3.63) is 36.2 Å². The third-order valence-electron chi connectivity index (χ3n) is 2.71. The molecule has 17 heavy (non-hydrogen) atoms. The summed E-state index contributed by atoms with van der Waals surface area (Å²) in [5, 5.41) is 1.92. The van der Waals surface area contributed by atoms with Crippen molar-refractivity contribution in [1.82, 2.24) is 4.98 Å². The van der Waals surface area contributed by atoms with Gasteiger partial charge >= 0.3 is 5.97 Å². The van der Waals surface area contributed by atoms with Gasteiger partial charge in [0, 0.05) is 16.3 Å². The average Bonchev–Trinajstić information content (AvgIpc) is 2.94. The van der Waals surface area contributed by atoms with Crippen LogP contribution in [0.2, 0.25) is 0 Å². The predicted molar refractivity (Wildman–Crippen MR) is 64.0 cm³/mol. The van der Waals surface area contributed by atoms with Gasteiger partial charge in [0.25, 0.3) is 0 Å². The van der Waals surface area contributed by atoms with E-state index >= 15 is 0 Å². The number of benzene rings is 1. The van der Waals surface area contributed by atoms with Crippen molar-refractivity contribution in [1.29, 1.82) is 0 Å². The van der Waals surface area contributed by atoms with E-state index in [1.807, 2.05) is 18.2 Å². The zero-order valence-corrected chi connectivity index (χ0v) is 9.32. The summed E-state index contributed by atoms with van der Waals surface area (Å²) in [5.41, 5.74) is 2.11. The number of esters is 1. The molecule has 0 radical (unpaired) electrons. The smallest absolute Gasteiger partial charge is 0.354 e. The van der Waals surface area contributed by atoms with Crippen LogP contribution < -0.4 is 0 Å². The lowest BCUT2D eigenvalue weighted by atomic mass is 10.2. The molecule has 0 spiro atoms. The number of hydrogen-bond donors (Lipinski definition) is 1. The highest BCUT2D eigenvalue weighted by Crippen LogP contribution is 2.26. The Bertz CT molecular complexity index is 693. The standard InChI is InChI=1S/C13H11NO3/c1-2-16-13(15)11-7-9-10(14-11)4-3-8-5-6-17-12(8)9/h3-7,14H,2H2,1H3. The monoisotopic (exact) mass is 229 g/mol. The molecular weight excluding hydrogens is 218 g/mol. The van der Waals surface area contributed by atoms with Gasteiger partial charge in [-0.05, 0) is 31.2 Å². The van der Waals surface area contributed by atoms with E-state index in [1.165, 1.54) is 0 Å². The van der Waals surface area contributed by atoms with E-state index in [9.17, 15) is 4.79 Å². The molecule has 0 aliphatic carbocycles. The number of hydrogen-bond acceptors (Lipinski definition) is 3. The first-order valence-corrected chi connectivity index (χ1v) is 5.45. The van der Waals surface area contributed by atoms with Crippen LogP contribution in [0.15, 0.2) is 34.9 Å². The van der Waals surface area contributed by atoms with Crippen molar-refractivity contribution < 1.29 is 13.9 Å². The van der Waals surface area contributed by atoms with E-state index < -0.39 is 0 Å². The maximum Gasteiger partial charge on any atom is 0.354 e. The number of carbonyl (C=O) groups excluding carboxylic acids is 1. The Hall–Kier alpha value is -2.23. The van der Waals surface area contributed by atoms with Crippen molar-refractivity contribution in [2.24, 2.45) is 0 Å². The van der Waals surface area contributed by atoms with Crippen LogP contribution in [0.5, 0.6) is 0 Å². The number of furan rings is 1. The van der Waals surface area contributed by atoms with Gasteiger partial charge in [-0.15, -0.1) is 0 Å². The van der Waals surface area contributed by atoms with Gasteiger partial charge in [0.15, 0.2) is 0 Å². The van der Waals surface area contributed by atoms with E-state index in [2.05, 4.69) is 4.98 Å². The molecule has 4 nitrogen and oxygen atoms in total. The summed E-state index contributed by atoms with van der Waals surface area (Å²) in [6.45, 7) is 2.15. The van der Waals surface area contributed by atoms with Crippen LogP contribution in [-0.2, 0) is 4.74 Å². The summed E-state index contributed by atoms with van der Waals surface area (Å²) in [5.74, 6) is -0.344. The van der Waals surface area contributed by atoms with Crippen LogP contribution in [0.4, 0.5) is 0 Å². The van der Waals surface area contributed by atoms with Crippen molar-refractivity contribution in [3.8, 4) is 0 Å². The average molecular weight is 229 g/mol. The maximum absolute atomic E-state index is 11.6. The van der Waals surface area contributed by atoms with Crippen LogP contribution in [0.3, 0.4) is 0 Å². The highest BCUT2D eigenvalue weighted by molar-refractivity contribution is 6.06. The van der Waals surface area contributed by atoms with Crippen molar-refractivity contribution >= 4 is 27.8 Å². The van der Waals surface area contributed by atoms with Gasteiger partial charge in [-0.2, -0.15) is 0 Å². The number of rotatable bonds is 2. The first-order valence-electron chi connectivity index (χ1n) is 5.45. The Morgan fingerprint density at radius 1 is 1.41 bits per heavy atom. The van der Waals surface area contributed by atoms with Gasteiger partial charge in [-0.3, -0.25) is 0 Å². The van der Waals surface area contributed by atoms with E-state index in [0.29, 0.717) is 12.3 Å². The molecule has 1 aromatic carbocycles. The highest BCUT2D eigenvalue weighted by atomic mass is 16.5. The second-order valence-corrected chi connectivity index (χ2v) is 3.77. The first kappa shape index (κ1) is 9.96. The largest absolute Gasteiger partial charge is 0.464 e. The molecule has 2 heterocycles. The van der Waals surface area contributed by atoms with E-state index in [1.54, 1.807) is 19.3 Å². The van der Waals surface area contributed by atoms with Gasteiger partial charge in [0.05, 0.1) is 12.9 Å². The Morgan fingerprint density at radius 2 is 2.29 bits per heavy atom. The summed E-state index contributed by atoms with van der Waals surface area (Å²) in [6, 6.07) is 7.54. The molecule has 0 amide bonds. The Kier molecular flexibility index (Phi) is 2.14. The van der Waals surface area contributed by atoms with Gasteiger partial charge in [-0.1, -0.05) is 0 Å². The van der Waals surface area contributed by atoms with Gasteiger partial charge in [0.1, 0.15) is 11.3 Å². The number of carbonyl (C=O) groups is 1. The summed E-state index contributed by atoms with van der Waals surface area (Å²) in [4.78, 5) is 14.6. The number of aromatic amines is 1. The van der Waals surface area contributed by atoms with Crippen LogP contribution in [0, 0.1) is 0 Å². The molecule has 1 N–H and O–H groups in total. The van der Waals surface area contributed by atoms with E-state index in [4.69, 9.17) is 9.15 Å². The summed E-state index contributed by atoms with van der Waals surface area (Å²) in [6.07, 6.45) is 1.64. The molecule has 0 fully saturated rings. The van der Waals surface area contributed by atoms with Crippen LogP contribution >= 0.6 is 0 Å². The molecule has 86 valence electrons. The van der Waals surface area contributed by atoms with Crippen LogP contribution in [0.1, 0.15) is 17.4 Å². The SMILES string of the molecule is CCOC(=O)c1cc2c(ccc3ccoc32)[nH]1. The number of fused-ring (bicyclic) bond motifs is 3. The number of ether oxygens (including phenoxy) is 1. The molecule has 0 aliphatic rings. The second kappa shape index (κ2) is 3.66. The molecule has 3 aromatic rings. The molecule has 0 saturated heterocycles. The van der Waals surface area contributed by atoms with Crippen molar-refractivity contribution in [3.63, 3.8) is 0 Å². The summed E-state index contributed by atoms with van der Waals surface area (Å²) >= 11 is 0. The van der Waals surface area contributed by atoms with Gasteiger partial charge in [0.2, 0.25) is 0 Å². The predicted octanol–water partition coefficient (Wildman–Crippen LogP) is 3.09. The molecule has 4 heteroatoms. The number of nitrogens with one attached hydrogen (secondary N) is 1. The van der Waals surface area contributed by atoms with Crippen LogP contribution in [0.25, 0.3) is 21.9 Å². The number of H-pyrrole nitrogens is 1. The zero-order chi connectivity index (χ0) is 11.8. The van der Waals surface area contributed by atoms with Crippen molar-refractivity contribution in [2.75, 3.05) is 6.61 Å². The molecular formula is C13H11NO3. The highest BCUT2D eigenvalue weighted by Gasteiger charge is 2.12. The fraction of sp³-hybridized carbons (Fsp3) is 0.154. The first-order chi connectivity index (χ1) is 8.29. The third-order valence-corrected chi connectivity index (χ3v) is 2.71. The van der Waals surface area contributed by atoms with Crippen LogP contribution in [-0.4, -0.2) is 17.6 Å². The minimum atomic E-state index is -0.344. The molecule has 0 atom stereocenters. The van der Waals surface area contributed by atoms with E-state index in [-0.39, 0.29) is 5.97 Å². The fourth-order valence-corrected chi connectivity index (χ4v) is 1.95. The lowest BCUT2D eigenvalue weighted by Crippen LogP contribution is -2.04. The lowest BCUT2D eigenvalue weighted by molar-refractivity contribution is 0.0520. The fourth-order valence-electron chi connectivity index (χ4n) is 1.95. The third kappa shape index (κ3) is 1.49. The second-order valence-electron chi connectivity index (χ2n) is 3.77. The zero-order valence-electron chi connectivity index (χ0n) is 9.32. The summed E-state index contributed by atoms with van der Waals surface area (Å²) < 4.78 is 10.4. The van der Waals surface area contributed by atoms with Crippen molar-refractivity contribution in [2.45, 2.75) is 6.92 Å². The molecule has 0 aliphatic heterocycles. The minimum Gasteiger partial charge on any atom is -0.464 e. The van der Waals surface area contributed by atoms with Gasteiger partial charge in [-0.25, -0.2) is 4.79 Å². The molecule has 3 rings (SSSR count). The maximum atomic E-state index is 11.6. The number of aromatic nitrogens is 1. The topological polar surface area (TPSA) is 55.2 Å². The summed E-state index contributed by atoms with van der Waals surface area (Å²) in [7, 11) is 0. The lowest BCUT2D eigenvalue weighted by Gasteiger charge is -1.96.